The van der Waals surface area contributed by atoms with Gasteiger partial charge >= 0.3 is 5.97 Å². The van der Waals surface area contributed by atoms with E-state index in [1.165, 1.54) is 0 Å². The normalized spacial score (nSPS) is 12.7. The number of aromatic nitrogens is 1. The number of amides is 1. The zero-order chi connectivity index (χ0) is 15.3. The van der Waals surface area contributed by atoms with Gasteiger partial charge in [-0.15, -0.1) is 0 Å². The number of nitrogens with zero attached hydrogens (tertiary/aromatic N) is 1. The molecule has 6 heteroatoms. The topological polar surface area (TPSA) is 92.4 Å². The van der Waals surface area contributed by atoms with Crippen molar-refractivity contribution in [3.63, 3.8) is 0 Å². The van der Waals surface area contributed by atoms with Crippen molar-refractivity contribution in [2.45, 2.75) is 52.5 Å². The van der Waals surface area contributed by atoms with Gasteiger partial charge < -0.3 is 14.9 Å². The molecule has 0 saturated carbocycles. The lowest BCUT2D eigenvalue weighted by molar-refractivity contribution is -0.140. The molecule has 1 aromatic rings. The third-order valence-corrected chi connectivity index (χ3v) is 3.38. The fraction of sp³-hybridized carbons (Fsp3) is 0.643. The van der Waals surface area contributed by atoms with Crippen LogP contribution in [-0.4, -0.2) is 28.2 Å². The van der Waals surface area contributed by atoms with Gasteiger partial charge in [0.1, 0.15) is 6.04 Å². The fourth-order valence-electron chi connectivity index (χ4n) is 2.02. The zero-order valence-corrected chi connectivity index (χ0v) is 12.3. The van der Waals surface area contributed by atoms with Crippen LogP contribution >= 0.6 is 0 Å². The van der Waals surface area contributed by atoms with Crippen LogP contribution in [0.1, 0.15) is 62.7 Å². The Balaban J connectivity index is 2.80. The average Bonchev–Trinajstić information content (AvgIpc) is 2.86. The average molecular weight is 282 g/mol. The van der Waals surface area contributed by atoms with Crippen LogP contribution < -0.4 is 5.32 Å². The first-order valence-corrected chi connectivity index (χ1v) is 6.90. The van der Waals surface area contributed by atoms with Gasteiger partial charge in [-0.25, -0.2) is 4.79 Å². The highest BCUT2D eigenvalue weighted by atomic mass is 16.5. The molecule has 0 saturated heterocycles. The number of hydrogen-bond acceptors (Lipinski definition) is 4. The van der Waals surface area contributed by atoms with E-state index in [4.69, 9.17) is 9.63 Å². The standard InChI is InChI=1S/C14H22N2O4/c1-5-9(6-2)10-7-11(20-16-10)13(17)15-12(8(3)4)14(18)19/h7-9,12H,5-6H2,1-4H3,(H,15,17)(H,18,19). The first-order chi connectivity index (χ1) is 9.40. The van der Waals surface area contributed by atoms with Crippen LogP contribution in [0, 0.1) is 5.92 Å². The molecule has 0 bridgehead atoms. The van der Waals surface area contributed by atoms with Gasteiger partial charge in [0.15, 0.2) is 0 Å². The highest BCUT2D eigenvalue weighted by molar-refractivity contribution is 5.94. The molecular weight excluding hydrogens is 260 g/mol. The summed E-state index contributed by atoms with van der Waals surface area (Å²) in [5, 5.41) is 15.4. The summed E-state index contributed by atoms with van der Waals surface area (Å²) >= 11 is 0. The van der Waals surface area contributed by atoms with Crippen molar-refractivity contribution in [2.75, 3.05) is 0 Å². The lowest BCUT2D eigenvalue weighted by atomic mass is 9.99. The quantitative estimate of drug-likeness (QED) is 0.801. The van der Waals surface area contributed by atoms with Crippen LogP contribution in [0.5, 0.6) is 0 Å². The Kier molecular flexibility index (Phi) is 5.73. The Bertz CT molecular complexity index is 463. The van der Waals surface area contributed by atoms with Crippen molar-refractivity contribution in [3.05, 3.63) is 17.5 Å². The van der Waals surface area contributed by atoms with E-state index in [1.54, 1.807) is 19.9 Å². The first kappa shape index (κ1) is 16.2. The van der Waals surface area contributed by atoms with Crippen molar-refractivity contribution in [3.8, 4) is 0 Å². The summed E-state index contributed by atoms with van der Waals surface area (Å²) in [6, 6.07) is 0.649. The van der Waals surface area contributed by atoms with Gasteiger partial charge in [0, 0.05) is 12.0 Å². The number of carboxylic acid groups (broad SMARTS) is 1. The number of nitrogens with one attached hydrogen (secondary N) is 1. The summed E-state index contributed by atoms with van der Waals surface area (Å²) < 4.78 is 5.02. The maximum absolute atomic E-state index is 12.0. The summed E-state index contributed by atoms with van der Waals surface area (Å²) in [5.74, 6) is -1.51. The fourth-order valence-corrected chi connectivity index (χ4v) is 2.02. The number of aliphatic carboxylic acids is 1. The molecule has 0 aliphatic carbocycles. The maximum Gasteiger partial charge on any atom is 0.326 e. The second-order valence-corrected chi connectivity index (χ2v) is 5.16. The van der Waals surface area contributed by atoms with Crippen LogP contribution in [0.3, 0.4) is 0 Å². The second kappa shape index (κ2) is 7.07. The minimum Gasteiger partial charge on any atom is -0.480 e. The van der Waals surface area contributed by atoms with E-state index < -0.39 is 17.9 Å². The SMILES string of the molecule is CCC(CC)c1cc(C(=O)NC(C(=O)O)C(C)C)on1. The van der Waals surface area contributed by atoms with Gasteiger partial charge in [0.25, 0.3) is 5.91 Å². The molecule has 20 heavy (non-hydrogen) atoms. The Morgan fingerprint density at radius 1 is 1.35 bits per heavy atom. The molecule has 112 valence electrons. The van der Waals surface area contributed by atoms with E-state index in [0.29, 0.717) is 0 Å². The predicted molar refractivity (Wildman–Crippen MR) is 73.6 cm³/mol. The van der Waals surface area contributed by atoms with Crippen molar-refractivity contribution in [1.82, 2.24) is 10.5 Å². The molecule has 1 atom stereocenters. The van der Waals surface area contributed by atoms with E-state index in [2.05, 4.69) is 10.5 Å². The Hall–Kier alpha value is -1.85. The third kappa shape index (κ3) is 3.82. The van der Waals surface area contributed by atoms with E-state index in [9.17, 15) is 9.59 Å². The molecule has 0 fully saturated rings. The highest BCUT2D eigenvalue weighted by Gasteiger charge is 2.26. The number of rotatable bonds is 7. The smallest absolute Gasteiger partial charge is 0.326 e. The molecule has 1 heterocycles. The van der Waals surface area contributed by atoms with Crippen LogP contribution in [0.15, 0.2) is 10.6 Å². The molecule has 0 spiro atoms. The number of hydrogen-bond donors (Lipinski definition) is 2. The molecule has 0 aromatic carbocycles. The predicted octanol–water partition coefficient (Wildman–Crippen LogP) is 2.42. The minimum absolute atomic E-state index is 0.0544. The lowest BCUT2D eigenvalue weighted by Crippen LogP contribution is -2.44. The first-order valence-electron chi connectivity index (χ1n) is 6.90. The summed E-state index contributed by atoms with van der Waals surface area (Å²) in [4.78, 5) is 23.0. The van der Waals surface area contributed by atoms with Crippen molar-refractivity contribution in [1.29, 1.82) is 0 Å². The molecular formula is C14H22N2O4. The maximum atomic E-state index is 12.0. The van der Waals surface area contributed by atoms with Gasteiger partial charge in [-0.2, -0.15) is 0 Å². The molecule has 0 aliphatic rings. The third-order valence-electron chi connectivity index (χ3n) is 3.38. The molecule has 1 amide bonds. The summed E-state index contributed by atoms with van der Waals surface area (Å²) in [6.07, 6.45) is 1.82. The second-order valence-electron chi connectivity index (χ2n) is 5.16. The van der Waals surface area contributed by atoms with Crippen LogP contribution in [0.4, 0.5) is 0 Å². The summed E-state index contributed by atoms with van der Waals surface area (Å²) in [7, 11) is 0. The van der Waals surface area contributed by atoms with Crippen molar-refractivity contribution < 1.29 is 19.2 Å². The molecule has 0 radical (unpaired) electrons. The van der Waals surface area contributed by atoms with Crippen LogP contribution in [0.25, 0.3) is 0 Å². The van der Waals surface area contributed by atoms with Crippen LogP contribution in [0.2, 0.25) is 0 Å². The number of carbonyl (C=O) groups excluding carboxylic acids is 1. The molecule has 1 unspecified atom stereocenters. The van der Waals surface area contributed by atoms with Gasteiger partial charge in [-0.3, -0.25) is 4.79 Å². The molecule has 6 nitrogen and oxygen atoms in total. The Morgan fingerprint density at radius 2 is 1.95 bits per heavy atom. The number of carboxylic acids is 1. The van der Waals surface area contributed by atoms with Gasteiger partial charge in [0.05, 0.1) is 5.69 Å². The summed E-state index contributed by atoms with van der Waals surface area (Å²) in [6.45, 7) is 7.55. The van der Waals surface area contributed by atoms with E-state index in [-0.39, 0.29) is 17.6 Å². The minimum atomic E-state index is -1.06. The van der Waals surface area contributed by atoms with Crippen molar-refractivity contribution in [2.24, 2.45) is 5.92 Å². The monoisotopic (exact) mass is 282 g/mol. The molecule has 1 rings (SSSR count). The van der Waals surface area contributed by atoms with E-state index in [0.717, 1.165) is 18.5 Å². The highest BCUT2D eigenvalue weighted by Crippen LogP contribution is 2.22. The lowest BCUT2D eigenvalue weighted by Gasteiger charge is -2.16. The zero-order valence-electron chi connectivity index (χ0n) is 12.3. The van der Waals surface area contributed by atoms with E-state index in [1.807, 2.05) is 13.8 Å². The summed E-state index contributed by atoms with van der Waals surface area (Å²) in [5.41, 5.74) is 0.733. The van der Waals surface area contributed by atoms with Gasteiger partial charge in [-0.1, -0.05) is 32.9 Å². The Labute approximate surface area is 118 Å². The van der Waals surface area contributed by atoms with E-state index >= 15 is 0 Å². The molecule has 0 aliphatic heterocycles. The Morgan fingerprint density at radius 3 is 2.40 bits per heavy atom. The number of carbonyl (C=O) groups is 2. The van der Waals surface area contributed by atoms with Gasteiger partial charge in [-0.05, 0) is 18.8 Å². The molecule has 1 aromatic heterocycles. The van der Waals surface area contributed by atoms with Crippen molar-refractivity contribution >= 4 is 11.9 Å². The van der Waals surface area contributed by atoms with Crippen LogP contribution in [-0.2, 0) is 4.79 Å². The van der Waals surface area contributed by atoms with Gasteiger partial charge in [0.2, 0.25) is 5.76 Å². The largest absolute Gasteiger partial charge is 0.480 e. The molecule has 2 N–H and O–H groups in total.